The predicted octanol–water partition coefficient (Wildman–Crippen LogP) is 1.63. The van der Waals surface area contributed by atoms with Gasteiger partial charge in [-0.15, -0.1) is 0 Å². The monoisotopic (exact) mass is 275 g/mol. The van der Waals surface area contributed by atoms with Crippen LogP contribution in [0.2, 0.25) is 0 Å². The molecule has 1 aliphatic heterocycles. The lowest BCUT2D eigenvalue weighted by Crippen LogP contribution is -2.54. The maximum atomic E-state index is 12.2. The summed E-state index contributed by atoms with van der Waals surface area (Å²) in [7, 11) is 0. The summed E-state index contributed by atoms with van der Waals surface area (Å²) in [6.07, 6.45) is 0. The van der Waals surface area contributed by atoms with Gasteiger partial charge in [0.2, 0.25) is 5.91 Å². The molecule has 0 saturated carbocycles. The number of hydrogen-bond donors (Lipinski definition) is 1. The normalized spacial score (nSPS) is 17.4. The van der Waals surface area contributed by atoms with Crippen LogP contribution in [0.15, 0.2) is 24.3 Å². The van der Waals surface area contributed by atoms with Crippen LogP contribution < -0.4 is 10.6 Å². The number of nitrogens with two attached hydrogens (primary N) is 1. The Labute approximate surface area is 121 Å². The van der Waals surface area contributed by atoms with E-state index in [4.69, 9.17) is 5.73 Å². The minimum absolute atomic E-state index is 0.0869. The topological polar surface area (TPSA) is 49.6 Å². The second-order valence-electron chi connectivity index (χ2n) is 5.92. The molecule has 1 fully saturated rings. The van der Waals surface area contributed by atoms with E-state index in [0.717, 1.165) is 26.2 Å². The second kappa shape index (κ2) is 6.27. The van der Waals surface area contributed by atoms with E-state index in [-0.39, 0.29) is 17.9 Å². The molecule has 2 N–H and O–H groups in total. The molecule has 4 heteroatoms. The minimum atomic E-state index is -0.375. The Morgan fingerprint density at radius 2 is 1.85 bits per heavy atom. The Morgan fingerprint density at radius 1 is 1.20 bits per heavy atom. The fourth-order valence-electron chi connectivity index (χ4n) is 2.51. The lowest BCUT2D eigenvalue weighted by atomic mass is 10.0. The number of aryl methyl sites for hydroxylation is 1. The Balaban J connectivity index is 1.94. The van der Waals surface area contributed by atoms with E-state index in [1.54, 1.807) is 0 Å². The zero-order chi connectivity index (χ0) is 14.7. The Bertz CT molecular complexity index is 465. The highest BCUT2D eigenvalue weighted by atomic mass is 16.2. The van der Waals surface area contributed by atoms with Gasteiger partial charge < -0.3 is 15.5 Å². The average Bonchev–Trinajstić information content (AvgIpc) is 2.46. The van der Waals surface area contributed by atoms with Crippen molar-refractivity contribution < 1.29 is 4.79 Å². The first kappa shape index (κ1) is 14.9. The third kappa shape index (κ3) is 3.31. The number of benzene rings is 1. The summed E-state index contributed by atoms with van der Waals surface area (Å²) in [6, 6.07) is 8.13. The summed E-state index contributed by atoms with van der Waals surface area (Å²) < 4.78 is 0. The van der Waals surface area contributed by atoms with E-state index in [1.807, 2.05) is 18.7 Å². The maximum Gasteiger partial charge on any atom is 0.239 e. The fraction of sp³-hybridized carbons (Fsp3) is 0.562. The van der Waals surface area contributed by atoms with Gasteiger partial charge in [-0.2, -0.15) is 0 Å². The van der Waals surface area contributed by atoms with Crippen LogP contribution in [0.4, 0.5) is 5.69 Å². The maximum absolute atomic E-state index is 12.2. The van der Waals surface area contributed by atoms with Crippen LogP contribution in [0.1, 0.15) is 19.4 Å². The largest absolute Gasteiger partial charge is 0.368 e. The molecule has 1 aromatic rings. The Morgan fingerprint density at radius 3 is 2.40 bits per heavy atom. The van der Waals surface area contributed by atoms with Gasteiger partial charge in [-0.1, -0.05) is 26.0 Å². The van der Waals surface area contributed by atoms with Crippen LogP contribution in [-0.2, 0) is 4.79 Å². The quantitative estimate of drug-likeness (QED) is 0.912. The smallest absolute Gasteiger partial charge is 0.239 e. The number of anilines is 1. The predicted molar refractivity (Wildman–Crippen MR) is 82.8 cm³/mol. The average molecular weight is 275 g/mol. The third-order valence-electron chi connectivity index (χ3n) is 3.96. The summed E-state index contributed by atoms with van der Waals surface area (Å²) in [5.74, 6) is 0.279. The van der Waals surface area contributed by atoms with Crippen LogP contribution in [0, 0.1) is 12.8 Å². The summed E-state index contributed by atoms with van der Waals surface area (Å²) >= 11 is 0. The number of carbonyl (C=O) groups is 1. The summed E-state index contributed by atoms with van der Waals surface area (Å²) in [5.41, 5.74) is 8.46. The zero-order valence-electron chi connectivity index (χ0n) is 12.7. The first-order valence-corrected chi connectivity index (χ1v) is 7.35. The fourth-order valence-corrected chi connectivity index (χ4v) is 2.51. The lowest BCUT2D eigenvalue weighted by molar-refractivity contribution is -0.133. The summed E-state index contributed by atoms with van der Waals surface area (Å²) in [6.45, 7) is 9.35. The summed E-state index contributed by atoms with van der Waals surface area (Å²) in [5, 5.41) is 0. The lowest BCUT2D eigenvalue weighted by Gasteiger charge is -2.37. The van der Waals surface area contributed by atoms with Gasteiger partial charge in [-0.05, 0) is 30.5 Å². The van der Waals surface area contributed by atoms with Gasteiger partial charge in [-0.25, -0.2) is 0 Å². The van der Waals surface area contributed by atoms with E-state index in [1.165, 1.54) is 11.3 Å². The van der Waals surface area contributed by atoms with Crippen molar-refractivity contribution in [3.05, 3.63) is 29.8 Å². The zero-order valence-corrected chi connectivity index (χ0v) is 12.7. The van der Waals surface area contributed by atoms with E-state index in [2.05, 4.69) is 36.1 Å². The molecule has 1 saturated heterocycles. The van der Waals surface area contributed by atoms with Crippen molar-refractivity contribution in [2.24, 2.45) is 11.7 Å². The van der Waals surface area contributed by atoms with Gasteiger partial charge in [0.05, 0.1) is 6.04 Å². The Hall–Kier alpha value is -1.55. The number of piperazine rings is 1. The van der Waals surface area contributed by atoms with Crippen molar-refractivity contribution in [1.82, 2.24) is 4.90 Å². The standard InChI is InChI=1S/C16H25N3O/c1-12(2)15(17)16(20)19-9-7-18(8-10-19)14-6-4-5-13(3)11-14/h4-6,11-12,15H,7-10,17H2,1-3H3/t15-/m1/s1. The molecule has 1 aromatic carbocycles. The molecule has 0 spiro atoms. The van der Waals surface area contributed by atoms with Crippen LogP contribution in [0.25, 0.3) is 0 Å². The van der Waals surface area contributed by atoms with Crippen molar-refractivity contribution in [3.8, 4) is 0 Å². The molecule has 110 valence electrons. The molecular weight excluding hydrogens is 250 g/mol. The molecule has 0 aliphatic carbocycles. The molecular formula is C16H25N3O. The van der Waals surface area contributed by atoms with Crippen LogP contribution >= 0.6 is 0 Å². The van der Waals surface area contributed by atoms with Crippen molar-refractivity contribution in [2.45, 2.75) is 26.8 Å². The first-order valence-electron chi connectivity index (χ1n) is 7.35. The van der Waals surface area contributed by atoms with Crippen molar-refractivity contribution in [2.75, 3.05) is 31.1 Å². The molecule has 0 radical (unpaired) electrons. The third-order valence-corrected chi connectivity index (χ3v) is 3.96. The van der Waals surface area contributed by atoms with Gasteiger partial charge in [0.25, 0.3) is 0 Å². The number of carbonyl (C=O) groups excluding carboxylic acids is 1. The number of hydrogen-bond acceptors (Lipinski definition) is 3. The first-order chi connectivity index (χ1) is 9.49. The van der Waals surface area contributed by atoms with Gasteiger partial charge in [-0.3, -0.25) is 4.79 Å². The van der Waals surface area contributed by atoms with E-state index < -0.39 is 0 Å². The molecule has 1 heterocycles. The van der Waals surface area contributed by atoms with Crippen molar-refractivity contribution in [3.63, 3.8) is 0 Å². The van der Waals surface area contributed by atoms with E-state index in [9.17, 15) is 4.79 Å². The van der Waals surface area contributed by atoms with Gasteiger partial charge in [0.15, 0.2) is 0 Å². The van der Waals surface area contributed by atoms with Crippen LogP contribution in [-0.4, -0.2) is 43.0 Å². The number of amides is 1. The highest BCUT2D eigenvalue weighted by Gasteiger charge is 2.26. The minimum Gasteiger partial charge on any atom is -0.368 e. The molecule has 1 amide bonds. The highest BCUT2D eigenvalue weighted by molar-refractivity contribution is 5.82. The second-order valence-corrected chi connectivity index (χ2v) is 5.92. The number of nitrogens with zero attached hydrogens (tertiary/aromatic N) is 2. The number of rotatable bonds is 3. The molecule has 4 nitrogen and oxygen atoms in total. The van der Waals surface area contributed by atoms with E-state index >= 15 is 0 Å². The van der Waals surface area contributed by atoms with Crippen LogP contribution in [0.3, 0.4) is 0 Å². The van der Waals surface area contributed by atoms with Gasteiger partial charge in [0, 0.05) is 31.9 Å². The SMILES string of the molecule is Cc1cccc(N2CCN(C(=O)[C@H](N)C(C)C)CC2)c1. The Kier molecular flexibility index (Phi) is 4.65. The molecule has 0 aromatic heterocycles. The van der Waals surface area contributed by atoms with Crippen molar-refractivity contribution >= 4 is 11.6 Å². The molecule has 1 atom stereocenters. The highest BCUT2D eigenvalue weighted by Crippen LogP contribution is 2.18. The van der Waals surface area contributed by atoms with Gasteiger partial charge in [0.1, 0.15) is 0 Å². The van der Waals surface area contributed by atoms with Gasteiger partial charge >= 0.3 is 0 Å². The summed E-state index contributed by atoms with van der Waals surface area (Å²) in [4.78, 5) is 16.5. The molecule has 2 rings (SSSR count). The molecule has 0 unspecified atom stereocenters. The van der Waals surface area contributed by atoms with E-state index in [0.29, 0.717) is 0 Å². The van der Waals surface area contributed by atoms with Crippen molar-refractivity contribution in [1.29, 1.82) is 0 Å². The molecule has 0 bridgehead atoms. The van der Waals surface area contributed by atoms with Crippen LogP contribution in [0.5, 0.6) is 0 Å². The molecule has 20 heavy (non-hydrogen) atoms. The molecule has 1 aliphatic rings.